The highest BCUT2D eigenvalue weighted by molar-refractivity contribution is 7.46. The van der Waals surface area contributed by atoms with Gasteiger partial charge in [-0.2, -0.15) is 0 Å². The van der Waals surface area contributed by atoms with E-state index >= 15 is 0 Å². The number of phosphoric ester groups is 1. The predicted octanol–water partition coefficient (Wildman–Crippen LogP) is 8.34. The quantitative estimate of drug-likeness (QED) is 0.0184. The summed E-state index contributed by atoms with van der Waals surface area (Å²) in [5.74, 6) is -0.387. The van der Waals surface area contributed by atoms with Crippen LogP contribution < -0.4 is 0 Å². The molecule has 5 N–H and O–H groups in total. The normalized spacial score (nSPS) is 15.5. The molecular formula is C40H71O11P. The number of ether oxygens (including phenoxy) is 2. The smallest absolute Gasteiger partial charge is 0.462 e. The lowest BCUT2D eigenvalue weighted by Crippen LogP contribution is -2.29. The van der Waals surface area contributed by atoms with Crippen LogP contribution in [0.1, 0.15) is 149 Å². The van der Waals surface area contributed by atoms with Gasteiger partial charge in [0.2, 0.25) is 0 Å². The van der Waals surface area contributed by atoms with E-state index in [1.165, 1.54) is 57.4 Å². The van der Waals surface area contributed by atoms with E-state index in [1.807, 2.05) is 0 Å². The van der Waals surface area contributed by atoms with Gasteiger partial charge in [0.1, 0.15) is 6.61 Å². The highest BCUT2D eigenvalue weighted by Gasteiger charge is 2.23. The highest BCUT2D eigenvalue weighted by atomic mass is 31.2. The molecule has 0 saturated carbocycles. The highest BCUT2D eigenvalue weighted by Crippen LogP contribution is 2.36. The van der Waals surface area contributed by atoms with Crippen molar-refractivity contribution >= 4 is 19.8 Å². The summed E-state index contributed by atoms with van der Waals surface area (Å²) in [7, 11) is -4.85. The SMILES string of the molecule is CCCCC[C@H](O)/C=C/C=C\C=C\C=C\[C@H](O)[C@@H](O)CCCC(=O)O[C@H](COC(=O)CCCCCCCCCCCCC(C)CC)COP(=O)(O)O. The summed E-state index contributed by atoms with van der Waals surface area (Å²) >= 11 is 0. The molecule has 0 rings (SSSR count). The number of allylic oxidation sites excluding steroid dienone is 6. The molecule has 302 valence electrons. The Morgan fingerprint density at radius 2 is 1.17 bits per heavy atom. The molecule has 0 spiro atoms. The van der Waals surface area contributed by atoms with E-state index in [4.69, 9.17) is 19.3 Å². The molecular weight excluding hydrogens is 687 g/mol. The number of hydrogen-bond donors (Lipinski definition) is 5. The van der Waals surface area contributed by atoms with E-state index in [2.05, 4.69) is 25.3 Å². The van der Waals surface area contributed by atoms with E-state index in [1.54, 1.807) is 42.5 Å². The molecule has 0 aromatic rings. The van der Waals surface area contributed by atoms with Crippen LogP contribution in [0.15, 0.2) is 48.6 Å². The fourth-order valence-corrected chi connectivity index (χ4v) is 5.62. The molecule has 0 bridgehead atoms. The van der Waals surface area contributed by atoms with E-state index in [-0.39, 0.29) is 25.7 Å². The van der Waals surface area contributed by atoms with Crippen LogP contribution in [-0.2, 0) is 28.2 Å². The Kier molecular flexibility index (Phi) is 32.1. The van der Waals surface area contributed by atoms with Crippen LogP contribution in [0.2, 0.25) is 0 Å². The van der Waals surface area contributed by atoms with Gasteiger partial charge in [0, 0.05) is 12.8 Å². The molecule has 11 nitrogen and oxygen atoms in total. The van der Waals surface area contributed by atoms with Crippen LogP contribution in [0.25, 0.3) is 0 Å². The van der Waals surface area contributed by atoms with E-state index in [9.17, 15) is 29.5 Å². The lowest BCUT2D eigenvalue weighted by molar-refractivity contribution is -0.161. The number of carbonyl (C=O) groups is 2. The van der Waals surface area contributed by atoms with Crippen molar-refractivity contribution in [3.8, 4) is 0 Å². The summed E-state index contributed by atoms with van der Waals surface area (Å²) < 4.78 is 26.1. The zero-order valence-electron chi connectivity index (χ0n) is 32.2. The van der Waals surface area contributed by atoms with Crippen LogP contribution >= 0.6 is 7.82 Å². The van der Waals surface area contributed by atoms with Crippen LogP contribution in [0.4, 0.5) is 0 Å². The number of carbonyl (C=O) groups excluding carboxylic acids is 2. The van der Waals surface area contributed by atoms with Gasteiger partial charge < -0.3 is 34.6 Å². The third-order valence-corrected chi connectivity index (χ3v) is 9.24. The predicted molar refractivity (Wildman–Crippen MR) is 206 cm³/mol. The molecule has 0 radical (unpaired) electrons. The van der Waals surface area contributed by atoms with Gasteiger partial charge in [-0.3, -0.25) is 14.1 Å². The molecule has 0 aliphatic heterocycles. The minimum atomic E-state index is -4.85. The molecule has 1 unspecified atom stereocenters. The van der Waals surface area contributed by atoms with Gasteiger partial charge in [0.05, 0.1) is 24.9 Å². The molecule has 52 heavy (non-hydrogen) atoms. The summed E-state index contributed by atoms with van der Waals surface area (Å²) in [6.07, 6.45) is 27.7. The minimum absolute atomic E-state index is 0.0900. The number of hydrogen-bond acceptors (Lipinski definition) is 9. The van der Waals surface area contributed by atoms with Gasteiger partial charge in [-0.05, 0) is 31.6 Å². The molecule has 0 amide bonds. The molecule has 5 atom stereocenters. The second kappa shape index (κ2) is 33.5. The first-order chi connectivity index (χ1) is 24.9. The lowest BCUT2D eigenvalue weighted by Gasteiger charge is -2.19. The number of phosphoric acid groups is 1. The van der Waals surface area contributed by atoms with E-state index in [0.29, 0.717) is 6.42 Å². The Morgan fingerprint density at radius 3 is 1.77 bits per heavy atom. The maximum Gasteiger partial charge on any atom is 0.469 e. The monoisotopic (exact) mass is 758 g/mol. The summed E-state index contributed by atoms with van der Waals surface area (Å²) in [5.41, 5.74) is 0. The Labute approximate surface area is 313 Å². The zero-order valence-corrected chi connectivity index (χ0v) is 33.1. The average molecular weight is 759 g/mol. The van der Waals surface area contributed by atoms with E-state index in [0.717, 1.165) is 50.9 Å². The summed E-state index contributed by atoms with van der Waals surface area (Å²) in [4.78, 5) is 42.8. The zero-order chi connectivity index (χ0) is 38.9. The molecule has 0 aromatic heterocycles. The molecule has 0 heterocycles. The maximum atomic E-state index is 12.4. The van der Waals surface area contributed by atoms with Crippen LogP contribution in [0, 0.1) is 5.92 Å². The van der Waals surface area contributed by atoms with Crippen molar-refractivity contribution in [3.05, 3.63) is 48.6 Å². The molecule has 12 heteroatoms. The van der Waals surface area contributed by atoms with Crippen LogP contribution in [-0.4, -0.2) is 74.7 Å². The molecule has 0 aromatic carbocycles. The summed E-state index contributed by atoms with van der Waals surface area (Å²) in [6.45, 7) is 5.61. The van der Waals surface area contributed by atoms with Gasteiger partial charge in [0.25, 0.3) is 0 Å². The van der Waals surface area contributed by atoms with Gasteiger partial charge in [-0.1, -0.05) is 159 Å². The van der Waals surface area contributed by atoms with Gasteiger partial charge in [-0.15, -0.1) is 0 Å². The summed E-state index contributed by atoms with van der Waals surface area (Å²) in [5, 5.41) is 30.3. The van der Waals surface area contributed by atoms with Crippen molar-refractivity contribution in [2.24, 2.45) is 5.92 Å². The number of unbranched alkanes of at least 4 members (excludes halogenated alkanes) is 11. The molecule has 0 fully saturated rings. The second-order valence-corrected chi connectivity index (χ2v) is 15.0. The van der Waals surface area contributed by atoms with Crippen molar-refractivity contribution < 1.29 is 53.3 Å². The van der Waals surface area contributed by atoms with Crippen molar-refractivity contribution in [1.29, 1.82) is 0 Å². The fourth-order valence-electron chi connectivity index (χ4n) is 5.26. The van der Waals surface area contributed by atoms with Crippen molar-refractivity contribution in [1.82, 2.24) is 0 Å². The Balaban J connectivity index is 4.33. The lowest BCUT2D eigenvalue weighted by atomic mass is 9.99. The van der Waals surface area contributed by atoms with Crippen LogP contribution in [0.5, 0.6) is 0 Å². The first kappa shape index (κ1) is 49.9. The second-order valence-electron chi connectivity index (χ2n) is 13.7. The van der Waals surface area contributed by atoms with Gasteiger partial charge in [-0.25, -0.2) is 4.57 Å². The minimum Gasteiger partial charge on any atom is -0.462 e. The summed E-state index contributed by atoms with van der Waals surface area (Å²) in [6, 6.07) is 0. The maximum absolute atomic E-state index is 12.4. The average Bonchev–Trinajstić information content (AvgIpc) is 3.10. The third kappa shape index (κ3) is 33.7. The first-order valence-corrected chi connectivity index (χ1v) is 21.2. The fraction of sp³-hybridized carbons (Fsp3) is 0.750. The molecule has 0 aliphatic rings. The van der Waals surface area contributed by atoms with Crippen molar-refractivity contribution in [3.63, 3.8) is 0 Å². The Bertz CT molecular complexity index is 1050. The first-order valence-electron chi connectivity index (χ1n) is 19.7. The Morgan fingerprint density at radius 1 is 0.635 bits per heavy atom. The number of rotatable bonds is 34. The Hall–Kier alpha value is -2.11. The number of aliphatic hydroxyl groups is 3. The standard InChI is InChI=1S/C40H71O11P/c1-4-6-19-26-35(41)27-21-16-13-14-17-22-28-37(42)38(43)29-24-31-40(45)51-36(33-50-52(46,47)48)32-49-39(44)30-23-18-12-10-8-7-9-11-15-20-25-34(3)5-2/h13-14,16-17,21-22,27-28,34-38,41-43H,4-12,15,18-20,23-26,29-33H2,1-3H3,(H2,46,47,48)/b16-13-,17-14+,27-21+,28-22+/t34?,35-,36+,37-,38-/m0/s1. The van der Waals surface area contributed by atoms with Gasteiger partial charge in [0.15, 0.2) is 6.10 Å². The number of aliphatic hydroxyl groups excluding tert-OH is 3. The van der Waals surface area contributed by atoms with Crippen molar-refractivity contribution in [2.75, 3.05) is 13.2 Å². The molecule has 0 aliphatic carbocycles. The van der Waals surface area contributed by atoms with E-state index < -0.39 is 57.4 Å². The van der Waals surface area contributed by atoms with Gasteiger partial charge >= 0.3 is 19.8 Å². The van der Waals surface area contributed by atoms with Crippen molar-refractivity contribution in [2.45, 2.75) is 174 Å². The largest absolute Gasteiger partial charge is 0.469 e. The number of esters is 2. The molecule has 0 saturated heterocycles. The topological polar surface area (TPSA) is 180 Å². The van der Waals surface area contributed by atoms with Crippen LogP contribution in [0.3, 0.4) is 0 Å². The third-order valence-electron chi connectivity index (χ3n) is 8.76.